The van der Waals surface area contributed by atoms with E-state index in [0.717, 1.165) is 19.5 Å². The van der Waals surface area contributed by atoms with E-state index in [1.54, 1.807) is 0 Å². The second-order valence-corrected chi connectivity index (χ2v) is 3.98. The summed E-state index contributed by atoms with van der Waals surface area (Å²) in [7, 11) is 0. The first-order valence-corrected chi connectivity index (χ1v) is 5.97. The lowest BCUT2D eigenvalue weighted by atomic mass is 10.1. The molecule has 0 unspecified atom stereocenters. The van der Waals surface area contributed by atoms with Crippen molar-refractivity contribution in [3.8, 4) is 0 Å². The summed E-state index contributed by atoms with van der Waals surface area (Å²) in [6.07, 6.45) is 1.12. The Balaban J connectivity index is 0.000000531. The van der Waals surface area contributed by atoms with Crippen molar-refractivity contribution in [2.24, 2.45) is 0 Å². The Morgan fingerprint density at radius 2 is 2.00 bits per heavy atom. The van der Waals surface area contributed by atoms with Crippen LogP contribution in [-0.2, 0) is 13.0 Å². The minimum Gasteiger partial charge on any atom is -0.312 e. The van der Waals surface area contributed by atoms with Gasteiger partial charge in [0.2, 0.25) is 0 Å². The van der Waals surface area contributed by atoms with Crippen molar-refractivity contribution in [1.82, 2.24) is 15.1 Å². The molecular weight excluding hydrogens is 186 g/mol. The maximum atomic E-state index is 4.57. The summed E-state index contributed by atoms with van der Waals surface area (Å²) in [5.41, 5.74) is 4.04. The minimum atomic E-state index is 0.487. The van der Waals surface area contributed by atoms with E-state index in [0.29, 0.717) is 6.04 Å². The van der Waals surface area contributed by atoms with Gasteiger partial charge in [-0.3, -0.25) is 4.68 Å². The number of nitrogens with one attached hydrogen (secondary N) is 1. The third-order valence-electron chi connectivity index (χ3n) is 2.65. The second kappa shape index (κ2) is 5.31. The molecule has 2 heterocycles. The monoisotopic (exact) mass is 209 g/mol. The van der Waals surface area contributed by atoms with E-state index in [4.69, 9.17) is 0 Å². The highest BCUT2D eigenvalue weighted by molar-refractivity contribution is 5.27. The lowest BCUT2D eigenvalue weighted by molar-refractivity contribution is 0.492. The number of nitrogens with zero attached hydrogens (tertiary/aromatic N) is 2. The summed E-state index contributed by atoms with van der Waals surface area (Å²) in [4.78, 5) is 0. The smallest absolute Gasteiger partial charge is 0.0641 e. The number of hydrogen-bond acceptors (Lipinski definition) is 2. The van der Waals surface area contributed by atoms with E-state index in [2.05, 4.69) is 35.9 Å². The van der Waals surface area contributed by atoms with Gasteiger partial charge in [0.15, 0.2) is 0 Å². The molecule has 0 aliphatic carbocycles. The minimum absolute atomic E-state index is 0.487. The van der Waals surface area contributed by atoms with Crippen LogP contribution in [0.25, 0.3) is 0 Å². The zero-order chi connectivity index (χ0) is 11.4. The molecule has 86 valence electrons. The highest BCUT2D eigenvalue weighted by Crippen LogP contribution is 2.20. The Labute approximate surface area is 92.9 Å². The summed E-state index contributed by atoms with van der Waals surface area (Å²) in [6, 6.07) is 0.487. The Kier molecular flexibility index (Phi) is 4.33. The molecule has 0 aromatic carbocycles. The van der Waals surface area contributed by atoms with Gasteiger partial charge < -0.3 is 5.32 Å². The molecule has 1 aromatic heterocycles. The molecule has 1 N–H and O–H groups in total. The highest BCUT2D eigenvalue weighted by Gasteiger charge is 2.18. The van der Waals surface area contributed by atoms with Crippen LogP contribution in [0.2, 0.25) is 0 Å². The fourth-order valence-corrected chi connectivity index (χ4v) is 1.97. The quantitative estimate of drug-likeness (QED) is 0.770. The lowest BCUT2D eigenvalue weighted by Crippen LogP contribution is -2.25. The molecule has 0 spiro atoms. The molecule has 3 nitrogen and oxygen atoms in total. The van der Waals surface area contributed by atoms with Crippen LogP contribution in [-0.4, -0.2) is 16.3 Å². The lowest BCUT2D eigenvalue weighted by Gasteiger charge is -2.17. The Morgan fingerprint density at radius 3 is 2.60 bits per heavy atom. The SMILES string of the molecule is CC.Cc1nn(C(C)C)c2c1CNCC2. The van der Waals surface area contributed by atoms with Crippen molar-refractivity contribution in [2.75, 3.05) is 6.54 Å². The molecule has 0 saturated carbocycles. The van der Waals surface area contributed by atoms with E-state index in [9.17, 15) is 0 Å². The van der Waals surface area contributed by atoms with Gasteiger partial charge in [-0.25, -0.2) is 0 Å². The molecule has 3 heteroatoms. The molecule has 0 radical (unpaired) electrons. The van der Waals surface area contributed by atoms with E-state index >= 15 is 0 Å². The third kappa shape index (κ3) is 2.40. The van der Waals surface area contributed by atoms with Crippen LogP contribution in [0.1, 0.15) is 50.7 Å². The molecule has 1 aliphatic heterocycles. The standard InChI is InChI=1S/C10H17N3.C2H6/c1-7(2)13-10-4-5-11-6-9(10)8(3)12-13;1-2/h7,11H,4-6H2,1-3H3;1-2H3. The van der Waals surface area contributed by atoms with E-state index < -0.39 is 0 Å². The zero-order valence-electron chi connectivity index (χ0n) is 10.6. The number of aromatic nitrogens is 2. The van der Waals surface area contributed by atoms with Crippen LogP contribution < -0.4 is 5.32 Å². The molecular formula is C12H23N3. The molecule has 2 rings (SSSR count). The van der Waals surface area contributed by atoms with Gasteiger partial charge in [-0.1, -0.05) is 13.8 Å². The number of hydrogen-bond donors (Lipinski definition) is 1. The van der Waals surface area contributed by atoms with Crippen LogP contribution in [0, 0.1) is 6.92 Å². The fraction of sp³-hybridized carbons (Fsp3) is 0.750. The molecule has 0 atom stereocenters. The first kappa shape index (κ1) is 12.2. The summed E-state index contributed by atoms with van der Waals surface area (Å²) in [5.74, 6) is 0. The average molecular weight is 209 g/mol. The van der Waals surface area contributed by atoms with Gasteiger partial charge in [-0.2, -0.15) is 5.10 Å². The van der Waals surface area contributed by atoms with Crippen LogP contribution in [0.15, 0.2) is 0 Å². The topological polar surface area (TPSA) is 29.9 Å². The predicted octanol–water partition coefficient (Wildman–Crippen LogP) is 2.44. The summed E-state index contributed by atoms with van der Waals surface area (Å²) < 4.78 is 2.17. The van der Waals surface area contributed by atoms with Crippen LogP contribution in [0.5, 0.6) is 0 Å². The van der Waals surface area contributed by atoms with Crippen LogP contribution >= 0.6 is 0 Å². The van der Waals surface area contributed by atoms with Crippen molar-refractivity contribution in [2.45, 2.75) is 53.6 Å². The normalized spacial score (nSPS) is 14.5. The van der Waals surface area contributed by atoms with Crippen molar-refractivity contribution in [3.63, 3.8) is 0 Å². The molecule has 15 heavy (non-hydrogen) atoms. The van der Waals surface area contributed by atoms with Crippen LogP contribution in [0.3, 0.4) is 0 Å². The molecule has 1 aromatic rings. The predicted molar refractivity (Wildman–Crippen MR) is 64.1 cm³/mol. The maximum absolute atomic E-state index is 4.57. The van der Waals surface area contributed by atoms with Gasteiger partial charge in [0, 0.05) is 36.8 Å². The van der Waals surface area contributed by atoms with Crippen LogP contribution in [0.4, 0.5) is 0 Å². The van der Waals surface area contributed by atoms with Gasteiger partial charge in [0.1, 0.15) is 0 Å². The van der Waals surface area contributed by atoms with Crippen molar-refractivity contribution >= 4 is 0 Å². The van der Waals surface area contributed by atoms with E-state index in [1.165, 1.54) is 17.0 Å². The molecule has 0 fully saturated rings. The summed E-state index contributed by atoms with van der Waals surface area (Å²) >= 11 is 0. The highest BCUT2D eigenvalue weighted by atomic mass is 15.3. The molecule has 0 bridgehead atoms. The number of fused-ring (bicyclic) bond motifs is 1. The van der Waals surface area contributed by atoms with E-state index in [1.807, 2.05) is 13.8 Å². The maximum Gasteiger partial charge on any atom is 0.0641 e. The third-order valence-corrected chi connectivity index (χ3v) is 2.65. The Bertz CT molecular complexity index is 313. The van der Waals surface area contributed by atoms with Gasteiger partial charge >= 0.3 is 0 Å². The summed E-state index contributed by atoms with van der Waals surface area (Å²) in [5, 5.41) is 7.95. The average Bonchev–Trinajstić information content (AvgIpc) is 2.60. The fourth-order valence-electron chi connectivity index (χ4n) is 1.97. The van der Waals surface area contributed by atoms with E-state index in [-0.39, 0.29) is 0 Å². The number of aryl methyl sites for hydroxylation is 1. The Hall–Kier alpha value is -0.830. The van der Waals surface area contributed by atoms with Gasteiger partial charge in [-0.15, -0.1) is 0 Å². The molecule has 0 amide bonds. The first-order chi connectivity index (χ1) is 7.20. The van der Waals surface area contributed by atoms with Gasteiger partial charge in [-0.05, 0) is 20.8 Å². The van der Waals surface area contributed by atoms with Crippen molar-refractivity contribution in [3.05, 3.63) is 17.0 Å². The zero-order valence-corrected chi connectivity index (χ0v) is 10.6. The molecule has 0 saturated heterocycles. The van der Waals surface area contributed by atoms with Gasteiger partial charge in [0.25, 0.3) is 0 Å². The van der Waals surface area contributed by atoms with Crippen molar-refractivity contribution < 1.29 is 0 Å². The largest absolute Gasteiger partial charge is 0.312 e. The second-order valence-electron chi connectivity index (χ2n) is 3.98. The Morgan fingerprint density at radius 1 is 1.33 bits per heavy atom. The number of rotatable bonds is 1. The molecule has 1 aliphatic rings. The van der Waals surface area contributed by atoms with Gasteiger partial charge in [0.05, 0.1) is 5.69 Å². The summed E-state index contributed by atoms with van der Waals surface area (Å²) in [6.45, 7) is 12.6. The van der Waals surface area contributed by atoms with Crippen molar-refractivity contribution in [1.29, 1.82) is 0 Å². The first-order valence-electron chi connectivity index (χ1n) is 5.97.